The van der Waals surface area contributed by atoms with E-state index in [0.29, 0.717) is 17.9 Å². The molecule has 2 aromatic carbocycles. The molecule has 5 heteroatoms. The first-order valence-corrected chi connectivity index (χ1v) is 7.56. The van der Waals surface area contributed by atoms with E-state index in [1.54, 1.807) is 24.3 Å². The second-order valence-corrected chi connectivity index (χ2v) is 5.59. The van der Waals surface area contributed by atoms with Crippen LogP contribution in [0.1, 0.15) is 23.3 Å². The number of rotatable bonds is 4. The minimum absolute atomic E-state index is 0.110. The maximum atomic E-state index is 12.4. The standard InChI is InChI=1S/C18H19NO4/c20-10-13-11-23-15-9-5-4-8-14(15)16(13)19-18(22)17(21)12-6-2-1-3-7-12/h1-9,13,16-17,20-21H,10-11H2,(H,19,22)/t13-,16-,17+/m0/s1. The van der Waals surface area contributed by atoms with Gasteiger partial charge in [0.1, 0.15) is 5.75 Å². The number of hydrogen-bond acceptors (Lipinski definition) is 4. The summed E-state index contributed by atoms with van der Waals surface area (Å²) >= 11 is 0. The first-order chi connectivity index (χ1) is 11.2. The van der Waals surface area contributed by atoms with Crippen molar-refractivity contribution < 1.29 is 19.7 Å². The minimum Gasteiger partial charge on any atom is -0.493 e. The molecule has 0 spiro atoms. The maximum absolute atomic E-state index is 12.4. The first-order valence-electron chi connectivity index (χ1n) is 7.56. The Morgan fingerprint density at radius 2 is 1.87 bits per heavy atom. The summed E-state index contributed by atoms with van der Waals surface area (Å²) in [7, 11) is 0. The molecule has 0 aromatic heterocycles. The summed E-state index contributed by atoms with van der Waals surface area (Å²) in [5, 5.41) is 22.6. The van der Waals surface area contributed by atoms with E-state index in [-0.39, 0.29) is 12.5 Å². The van der Waals surface area contributed by atoms with Crippen LogP contribution in [0.15, 0.2) is 54.6 Å². The zero-order chi connectivity index (χ0) is 16.2. The van der Waals surface area contributed by atoms with Crippen molar-refractivity contribution in [2.75, 3.05) is 13.2 Å². The molecule has 0 radical (unpaired) electrons. The summed E-state index contributed by atoms with van der Waals surface area (Å²) in [6, 6.07) is 15.8. The summed E-state index contributed by atoms with van der Waals surface area (Å²) in [5.74, 6) is -0.0510. The van der Waals surface area contributed by atoms with Gasteiger partial charge in [-0.1, -0.05) is 48.5 Å². The molecular weight excluding hydrogens is 294 g/mol. The van der Waals surface area contributed by atoms with Gasteiger partial charge in [0.05, 0.1) is 19.3 Å². The Morgan fingerprint density at radius 1 is 1.17 bits per heavy atom. The Bertz CT molecular complexity index is 674. The average Bonchev–Trinajstić information content (AvgIpc) is 2.62. The Kier molecular flexibility index (Phi) is 4.60. The molecule has 0 saturated carbocycles. The van der Waals surface area contributed by atoms with Gasteiger partial charge in [-0.15, -0.1) is 0 Å². The van der Waals surface area contributed by atoms with Crippen molar-refractivity contribution in [1.82, 2.24) is 5.32 Å². The predicted octanol–water partition coefficient (Wildman–Crippen LogP) is 1.58. The second kappa shape index (κ2) is 6.81. The minimum atomic E-state index is -1.24. The smallest absolute Gasteiger partial charge is 0.253 e. The van der Waals surface area contributed by atoms with E-state index in [0.717, 1.165) is 5.56 Å². The van der Waals surface area contributed by atoms with Gasteiger partial charge in [-0.25, -0.2) is 0 Å². The lowest BCUT2D eigenvalue weighted by atomic mass is 9.90. The molecule has 3 atom stereocenters. The largest absolute Gasteiger partial charge is 0.493 e. The molecule has 0 unspecified atom stereocenters. The number of benzene rings is 2. The summed E-state index contributed by atoms with van der Waals surface area (Å²) in [4.78, 5) is 12.4. The third-order valence-corrected chi connectivity index (χ3v) is 4.07. The molecule has 120 valence electrons. The van der Waals surface area contributed by atoms with E-state index < -0.39 is 18.1 Å². The number of para-hydroxylation sites is 1. The number of ether oxygens (including phenoxy) is 1. The van der Waals surface area contributed by atoms with Crippen LogP contribution in [0, 0.1) is 5.92 Å². The van der Waals surface area contributed by atoms with Crippen molar-refractivity contribution in [2.24, 2.45) is 5.92 Å². The van der Waals surface area contributed by atoms with Crippen molar-refractivity contribution in [3.05, 3.63) is 65.7 Å². The van der Waals surface area contributed by atoms with Crippen LogP contribution in [0.2, 0.25) is 0 Å². The van der Waals surface area contributed by atoms with Crippen LogP contribution in [0.5, 0.6) is 5.75 Å². The Balaban J connectivity index is 1.81. The highest BCUT2D eigenvalue weighted by Crippen LogP contribution is 2.35. The molecule has 3 rings (SSSR count). The average molecular weight is 313 g/mol. The van der Waals surface area contributed by atoms with Crippen LogP contribution < -0.4 is 10.1 Å². The Morgan fingerprint density at radius 3 is 2.61 bits per heavy atom. The van der Waals surface area contributed by atoms with Gasteiger partial charge in [-0.3, -0.25) is 4.79 Å². The molecule has 1 aliphatic heterocycles. The molecule has 0 fully saturated rings. The fourth-order valence-corrected chi connectivity index (χ4v) is 2.79. The van der Waals surface area contributed by atoms with E-state index in [2.05, 4.69) is 5.32 Å². The van der Waals surface area contributed by atoms with Gasteiger partial charge in [-0.05, 0) is 11.6 Å². The molecule has 1 amide bonds. The fourth-order valence-electron chi connectivity index (χ4n) is 2.79. The lowest BCUT2D eigenvalue weighted by Crippen LogP contribution is -2.42. The normalized spacial score (nSPS) is 21.0. The molecule has 1 heterocycles. The number of nitrogens with one attached hydrogen (secondary N) is 1. The van der Waals surface area contributed by atoms with E-state index in [1.807, 2.05) is 30.3 Å². The summed E-state index contributed by atoms with van der Waals surface area (Å²) in [6.07, 6.45) is -1.24. The van der Waals surface area contributed by atoms with E-state index >= 15 is 0 Å². The van der Waals surface area contributed by atoms with Crippen LogP contribution in [0.4, 0.5) is 0 Å². The predicted molar refractivity (Wildman–Crippen MR) is 84.8 cm³/mol. The number of aliphatic hydroxyl groups is 2. The van der Waals surface area contributed by atoms with Crippen molar-refractivity contribution >= 4 is 5.91 Å². The summed E-state index contributed by atoms with van der Waals surface area (Å²) < 4.78 is 5.61. The number of aliphatic hydroxyl groups excluding tert-OH is 2. The van der Waals surface area contributed by atoms with Crippen LogP contribution >= 0.6 is 0 Å². The molecule has 2 aromatic rings. The van der Waals surface area contributed by atoms with Gasteiger partial charge in [-0.2, -0.15) is 0 Å². The van der Waals surface area contributed by atoms with Crippen molar-refractivity contribution in [3.8, 4) is 5.75 Å². The summed E-state index contributed by atoms with van der Waals surface area (Å²) in [6.45, 7) is 0.209. The zero-order valence-corrected chi connectivity index (χ0v) is 12.6. The van der Waals surface area contributed by atoms with Crippen molar-refractivity contribution in [3.63, 3.8) is 0 Å². The van der Waals surface area contributed by atoms with E-state index in [4.69, 9.17) is 4.74 Å². The molecule has 1 aliphatic rings. The third kappa shape index (κ3) is 3.21. The van der Waals surface area contributed by atoms with Gasteiger partial charge in [0.25, 0.3) is 5.91 Å². The molecular formula is C18H19NO4. The number of carbonyl (C=O) groups excluding carboxylic acids is 1. The van der Waals surface area contributed by atoms with Gasteiger partial charge < -0.3 is 20.3 Å². The highest BCUT2D eigenvalue weighted by molar-refractivity contribution is 5.82. The Labute approximate surface area is 134 Å². The molecule has 3 N–H and O–H groups in total. The van der Waals surface area contributed by atoms with Crippen LogP contribution in [-0.2, 0) is 4.79 Å². The molecule has 5 nitrogen and oxygen atoms in total. The maximum Gasteiger partial charge on any atom is 0.253 e. The molecule has 23 heavy (non-hydrogen) atoms. The van der Waals surface area contributed by atoms with Crippen molar-refractivity contribution in [1.29, 1.82) is 0 Å². The highest BCUT2D eigenvalue weighted by Gasteiger charge is 2.33. The second-order valence-electron chi connectivity index (χ2n) is 5.59. The van der Waals surface area contributed by atoms with Gasteiger partial charge >= 0.3 is 0 Å². The van der Waals surface area contributed by atoms with Gasteiger partial charge in [0.15, 0.2) is 6.10 Å². The number of carbonyl (C=O) groups is 1. The number of fused-ring (bicyclic) bond motifs is 1. The lowest BCUT2D eigenvalue weighted by Gasteiger charge is -2.33. The van der Waals surface area contributed by atoms with E-state index in [1.165, 1.54) is 0 Å². The van der Waals surface area contributed by atoms with Crippen LogP contribution in [0.25, 0.3) is 0 Å². The number of hydrogen-bond donors (Lipinski definition) is 3. The quantitative estimate of drug-likeness (QED) is 0.801. The number of amides is 1. The SMILES string of the molecule is O=C(N[C@@H]1c2ccccc2OC[C@@H]1CO)[C@H](O)c1ccccc1. The lowest BCUT2D eigenvalue weighted by molar-refractivity contribution is -0.131. The molecule has 0 aliphatic carbocycles. The Hall–Kier alpha value is -2.37. The van der Waals surface area contributed by atoms with E-state index in [9.17, 15) is 15.0 Å². The molecule has 0 bridgehead atoms. The van der Waals surface area contributed by atoms with Crippen LogP contribution in [-0.4, -0.2) is 29.3 Å². The fraction of sp³-hybridized carbons (Fsp3) is 0.278. The highest BCUT2D eigenvalue weighted by atomic mass is 16.5. The van der Waals surface area contributed by atoms with Gasteiger partial charge in [0, 0.05) is 11.5 Å². The first kappa shape index (κ1) is 15.5. The third-order valence-electron chi connectivity index (χ3n) is 4.07. The monoisotopic (exact) mass is 313 g/mol. The molecule has 0 saturated heterocycles. The van der Waals surface area contributed by atoms with Gasteiger partial charge in [0.2, 0.25) is 0 Å². The summed E-state index contributed by atoms with van der Waals surface area (Å²) in [5.41, 5.74) is 1.34. The van der Waals surface area contributed by atoms with Crippen LogP contribution in [0.3, 0.4) is 0 Å². The zero-order valence-electron chi connectivity index (χ0n) is 12.6. The van der Waals surface area contributed by atoms with Crippen molar-refractivity contribution in [2.45, 2.75) is 12.1 Å². The topological polar surface area (TPSA) is 78.8 Å².